The van der Waals surface area contributed by atoms with Gasteiger partial charge in [0.2, 0.25) is 0 Å². The Kier molecular flexibility index (Phi) is 6.94. The van der Waals surface area contributed by atoms with Gasteiger partial charge in [-0.3, -0.25) is 14.5 Å². The predicted octanol–water partition coefficient (Wildman–Crippen LogP) is 3.56. The first kappa shape index (κ1) is 18.9. The highest BCUT2D eigenvalue weighted by atomic mass is 79.9. The minimum Gasteiger partial charge on any atom is -0.481 e. The van der Waals surface area contributed by atoms with Crippen LogP contribution >= 0.6 is 15.9 Å². The van der Waals surface area contributed by atoms with E-state index in [1.165, 1.54) is 17.0 Å². The Balaban J connectivity index is 2.10. The van der Waals surface area contributed by atoms with Crippen molar-refractivity contribution in [1.82, 2.24) is 0 Å². The summed E-state index contributed by atoms with van der Waals surface area (Å²) in [7, 11) is 0. The Labute approximate surface area is 153 Å². The highest BCUT2D eigenvalue weighted by Crippen LogP contribution is 2.22. The summed E-state index contributed by atoms with van der Waals surface area (Å²) in [5.74, 6) is -1.64. The van der Waals surface area contributed by atoms with E-state index in [0.717, 1.165) is 0 Å². The van der Waals surface area contributed by atoms with Crippen LogP contribution in [0.25, 0.3) is 0 Å². The maximum Gasteiger partial charge on any atom is 0.326 e. The van der Waals surface area contributed by atoms with Crippen molar-refractivity contribution in [2.45, 2.75) is 6.92 Å². The minimum atomic E-state index is -0.584. The van der Waals surface area contributed by atoms with Gasteiger partial charge in [0.15, 0.2) is 18.2 Å². The Morgan fingerprint density at radius 1 is 1.16 bits per heavy atom. The van der Waals surface area contributed by atoms with Crippen LogP contribution < -0.4 is 9.64 Å². The van der Waals surface area contributed by atoms with Crippen LogP contribution in [-0.4, -0.2) is 31.6 Å². The molecule has 0 heterocycles. The summed E-state index contributed by atoms with van der Waals surface area (Å²) in [6.07, 6.45) is 0. The van der Waals surface area contributed by atoms with Crippen molar-refractivity contribution in [3.63, 3.8) is 0 Å². The number of benzene rings is 2. The number of amides is 1. The van der Waals surface area contributed by atoms with E-state index in [0.29, 0.717) is 10.2 Å². The van der Waals surface area contributed by atoms with Crippen molar-refractivity contribution in [2.75, 3.05) is 24.7 Å². The molecule has 1 amide bonds. The van der Waals surface area contributed by atoms with Gasteiger partial charge in [-0.2, -0.15) is 0 Å². The Morgan fingerprint density at radius 3 is 2.52 bits per heavy atom. The standard InChI is InChI=1S/C18H17BrFNO4/c1-2-24-18(23)11-21(14-6-4-3-5-7-14)17(22)12-25-16-9-8-13(19)10-15(16)20/h3-10H,2,11-12H2,1H3. The number of para-hydroxylation sites is 1. The summed E-state index contributed by atoms with van der Waals surface area (Å²) in [6.45, 7) is 1.25. The molecule has 0 N–H and O–H groups in total. The van der Waals surface area contributed by atoms with Crippen LogP contribution in [0.4, 0.5) is 10.1 Å². The second kappa shape index (κ2) is 9.17. The number of rotatable bonds is 7. The van der Waals surface area contributed by atoms with Crippen LogP contribution in [0.5, 0.6) is 5.75 Å². The molecular weight excluding hydrogens is 393 g/mol. The average molecular weight is 410 g/mol. The molecule has 2 rings (SSSR count). The minimum absolute atomic E-state index is 0.0410. The van der Waals surface area contributed by atoms with Gasteiger partial charge in [0.25, 0.3) is 5.91 Å². The molecule has 0 aromatic heterocycles. The molecule has 0 aliphatic carbocycles. The lowest BCUT2D eigenvalue weighted by molar-refractivity contribution is -0.142. The van der Waals surface area contributed by atoms with E-state index in [1.807, 2.05) is 0 Å². The number of ether oxygens (including phenoxy) is 2. The molecule has 0 saturated carbocycles. The highest BCUT2D eigenvalue weighted by Gasteiger charge is 2.20. The monoisotopic (exact) mass is 409 g/mol. The first-order valence-corrected chi connectivity index (χ1v) is 8.39. The molecule has 132 valence electrons. The molecule has 0 aliphatic heterocycles. The number of halogens is 2. The molecule has 0 aliphatic rings. The largest absolute Gasteiger partial charge is 0.481 e. The van der Waals surface area contributed by atoms with Gasteiger partial charge in [0.1, 0.15) is 6.54 Å². The molecule has 0 spiro atoms. The number of hydrogen-bond donors (Lipinski definition) is 0. The van der Waals surface area contributed by atoms with Crippen molar-refractivity contribution in [2.24, 2.45) is 0 Å². The van der Waals surface area contributed by atoms with Crippen molar-refractivity contribution in [3.05, 3.63) is 58.8 Å². The topological polar surface area (TPSA) is 55.8 Å². The van der Waals surface area contributed by atoms with Crippen molar-refractivity contribution >= 4 is 33.5 Å². The van der Waals surface area contributed by atoms with Crippen molar-refractivity contribution in [3.8, 4) is 5.75 Å². The molecule has 2 aromatic rings. The van der Waals surface area contributed by atoms with Crippen LogP contribution in [0.3, 0.4) is 0 Å². The fourth-order valence-electron chi connectivity index (χ4n) is 2.08. The summed E-state index contributed by atoms with van der Waals surface area (Å²) >= 11 is 3.15. The van der Waals surface area contributed by atoms with Crippen molar-refractivity contribution in [1.29, 1.82) is 0 Å². The second-order valence-electron chi connectivity index (χ2n) is 4.98. The van der Waals surface area contributed by atoms with Gasteiger partial charge in [-0.05, 0) is 37.3 Å². The molecule has 5 nitrogen and oxygen atoms in total. The maximum atomic E-state index is 13.8. The third-order valence-electron chi connectivity index (χ3n) is 3.21. The van der Waals surface area contributed by atoms with Gasteiger partial charge in [0.05, 0.1) is 6.61 Å². The summed E-state index contributed by atoms with van der Waals surface area (Å²) in [6, 6.07) is 12.9. The number of hydrogen-bond acceptors (Lipinski definition) is 4. The SMILES string of the molecule is CCOC(=O)CN(C(=O)COc1ccc(Br)cc1F)c1ccccc1. The number of nitrogens with zero attached hydrogens (tertiary/aromatic N) is 1. The van der Waals surface area contributed by atoms with Crippen LogP contribution in [0, 0.1) is 5.82 Å². The maximum absolute atomic E-state index is 13.8. The van der Waals surface area contributed by atoms with Gasteiger partial charge >= 0.3 is 5.97 Å². The normalized spacial score (nSPS) is 10.2. The third kappa shape index (κ3) is 5.56. The van der Waals surface area contributed by atoms with Crippen LogP contribution in [0.2, 0.25) is 0 Å². The van der Waals surface area contributed by atoms with E-state index in [-0.39, 0.29) is 18.9 Å². The van der Waals surface area contributed by atoms with E-state index in [9.17, 15) is 14.0 Å². The van der Waals surface area contributed by atoms with Crippen LogP contribution in [-0.2, 0) is 14.3 Å². The van der Waals surface area contributed by atoms with Gasteiger partial charge < -0.3 is 9.47 Å². The quantitative estimate of drug-likeness (QED) is 0.656. The van der Waals surface area contributed by atoms with Gasteiger partial charge in [-0.1, -0.05) is 34.1 Å². The smallest absolute Gasteiger partial charge is 0.326 e. The Hall–Kier alpha value is -2.41. The summed E-state index contributed by atoms with van der Waals surface area (Å²) in [4.78, 5) is 25.5. The lowest BCUT2D eigenvalue weighted by Crippen LogP contribution is -2.39. The second-order valence-corrected chi connectivity index (χ2v) is 5.90. The fourth-order valence-corrected chi connectivity index (χ4v) is 2.41. The summed E-state index contributed by atoms with van der Waals surface area (Å²) in [5.41, 5.74) is 0.528. The van der Waals surface area contributed by atoms with E-state index in [1.54, 1.807) is 43.3 Å². The summed E-state index contributed by atoms with van der Waals surface area (Å²) < 4.78 is 24.5. The molecule has 0 unspecified atom stereocenters. The molecule has 0 fully saturated rings. The molecular formula is C18H17BrFNO4. The zero-order valence-electron chi connectivity index (χ0n) is 13.6. The van der Waals surface area contributed by atoms with Gasteiger partial charge in [-0.15, -0.1) is 0 Å². The molecule has 0 bridgehead atoms. The van der Waals surface area contributed by atoms with E-state index >= 15 is 0 Å². The lowest BCUT2D eigenvalue weighted by Gasteiger charge is -2.22. The zero-order chi connectivity index (χ0) is 18.2. The lowest BCUT2D eigenvalue weighted by atomic mass is 10.3. The Morgan fingerprint density at radius 2 is 1.88 bits per heavy atom. The molecule has 0 atom stereocenters. The Bertz CT molecular complexity index is 739. The number of anilines is 1. The average Bonchev–Trinajstić information content (AvgIpc) is 2.59. The van der Waals surface area contributed by atoms with Gasteiger partial charge in [0, 0.05) is 10.2 Å². The summed E-state index contributed by atoms with van der Waals surface area (Å²) in [5, 5.41) is 0. The number of carbonyl (C=O) groups is 2. The molecule has 0 radical (unpaired) electrons. The number of carbonyl (C=O) groups excluding carboxylic acids is 2. The molecule has 7 heteroatoms. The highest BCUT2D eigenvalue weighted by molar-refractivity contribution is 9.10. The first-order chi connectivity index (χ1) is 12.0. The third-order valence-corrected chi connectivity index (χ3v) is 3.70. The van der Waals surface area contributed by atoms with E-state index in [2.05, 4.69) is 15.9 Å². The van der Waals surface area contributed by atoms with Crippen LogP contribution in [0.15, 0.2) is 53.0 Å². The predicted molar refractivity (Wildman–Crippen MR) is 95.0 cm³/mol. The van der Waals surface area contributed by atoms with E-state index < -0.39 is 24.3 Å². The first-order valence-electron chi connectivity index (χ1n) is 7.60. The molecule has 25 heavy (non-hydrogen) atoms. The molecule has 0 saturated heterocycles. The number of esters is 1. The van der Waals surface area contributed by atoms with Gasteiger partial charge in [-0.25, -0.2) is 4.39 Å². The fraction of sp³-hybridized carbons (Fsp3) is 0.222. The zero-order valence-corrected chi connectivity index (χ0v) is 15.2. The van der Waals surface area contributed by atoms with Crippen LogP contribution in [0.1, 0.15) is 6.92 Å². The molecule has 2 aromatic carbocycles. The van der Waals surface area contributed by atoms with Crippen molar-refractivity contribution < 1.29 is 23.5 Å². The van der Waals surface area contributed by atoms with E-state index in [4.69, 9.17) is 9.47 Å².